The fourth-order valence-electron chi connectivity index (χ4n) is 6.39. The Morgan fingerprint density at radius 3 is 2.16 bits per heavy atom. The first-order valence-corrected chi connectivity index (χ1v) is 12.6. The zero-order valence-corrected chi connectivity index (χ0v) is 19.5. The van der Waals surface area contributed by atoms with Crippen LogP contribution in [0.1, 0.15) is 77.2 Å². The van der Waals surface area contributed by atoms with Gasteiger partial charge in [-0.05, 0) is 76.9 Å². The van der Waals surface area contributed by atoms with Crippen LogP contribution in [0.25, 0.3) is 0 Å². The van der Waals surface area contributed by atoms with Gasteiger partial charge < -0.3 is 9.80 Å². The topological polar surface area (TPSA) is 52.6 Å². The van der Waals surface area contributed by atoms with Crippen molar-refractivity contribution in [2.75, 3.05) is 31.1 Å². The van der Waals surface area contributed by atoms with E-state index in [0.717, 1.165) is 45.0 Å². The summed E-state index contributed by atoms with van der Waals surface area (Å²) in [5.74, 6) is 2.32. The quantitative estimate of drug-likeness (QED) is 0.696. The first-order valence-electron chi connectivity index (χ1n) is 12.6. The van der Waals surface area contributed by atoms with Crippen LogP contribution in [-0.2, 0) is 4.79 Å². The molecule has 1 aromatic rings. The standard InChI is InChI=1S/C25H39N5O/c1-4-24(31)19-11-23(12-19)28-9-7-18(8-10-28)20-13-26-25(27-14-20)30-21-5-6-22(30)16-29(15-21)17(2)3/h13-14,17-19,21-23H,4-12,15-16H2,1-3H3/t19-,21?,22?,23-. The number of piperidine rings is 1. The summed E-state index contributed by atoms with van der Waals surface area (Å²) in [6.07, 6.45) is 12.0. The number of ketones is 1. The number of likely N-dealkylation sites (tertiary alicyclic amines) is 2. The molecule has 0 amide bonds. The third-order valence-corrected chi connectivity index (χ3v) is 8.56. The Labute approximate surface area is 187 Å². The van der Waals surface area contributed by atoms with Gasteiger partial charge in [-0.2, -0.15) is 0 Å². The van der Waals surface area contributed by atoms with Gasteiger partial charge in [-0.3, -0.25) is 9.69 Å². The molecule has 6 nitrogen and oxygen atoms in total. The Morgan fingerprint density at radius 2 is 1.61 bits per heavy atom. The zero-order valence-electron chi connectivity index (χ0n) is 19.5. The second kappa shape index (κ2) is 8.78. The van der Waals surface area contributed by atoms with E-state index in [9.17, 15) is 4.79 Å². The predicted molar refractivity (Wildman–Crippen MR) is 123 cm³/mol. The van der Waals surface area contributed by atoms with Crippen molar-refractivity contribution in [3.8, 4) is 0 Å². The fourth-order valence-corrected chi connectivity index (χ4v) is 6.39. The van der Waals surface area contributed by atoms with E-state index in [0.29, 0.717) is 48.2 Å². The molecule has 0 spiro atoms. The number of piperazine rings is 1. The van der Waals surface area contributed by atoms with Crippen LogP contribution in [0.2, 0.25) is 0 Å². The Kier molecular flexibility index (Phi) is 6.04. The molecule has 1 aromatic heterocycles. The smallest absolute Gasteiger partial charge is 0.225 e. The Hall–Kier alpha value is -1.53. The van der Waals surface area contributed by atoms with E-state index in [-0.39, 0.29) is 0 Å². The summed E-state index contributed by atoms with van der Waals surface area (Å²) in [6, 6.07) is 2.40. The van der Waals surface area contributed by atoms with Crippen molar-refractivity contribution in [1.82, 2.24) is 19.8 Å². The van der Waals surface area contributed by atoms with E-state index < -0.39 is 0 Å². The van der Waals surface area contributed by atoms with Crippen LogP contribution in [0.15, 0.2) is 12.4 Å². The minimum Gasteiger partial charge on any atom is -0.332 e. The molecule has 4 fully saturated rings. The van der Waals surface area contributed by atoms with Gasteiger partial charge in [0.1, 0.15) is 5.78 Å². The average molecular weight is 426 g/mol. The molecule has 4 aliphatic rings. The normalized spacial score (nSPS) is 32.5. The molecule has 0 aromatic carbocycles. The van der Waals surface area contributed by atoms with Crippen LogP contribution in [0, 0.1) is 5.92 Å². The third kappa shape index (κ3) is 4.13. The molecule has 4 heterocycles. The molecule has 2 atom stereocenters. The Balaban J connectivity index is 1.15. The second-order valence-electron chi connectivity index (χ2n) is 10.6. The molecule has 31 heavy (non-hydrogen) atoms. The van der Waals surface area contributed by atoms with Crippen molar-refractivity contribution in [2.45, 2.75) is 95.8 Å². The van der Waals surface area contributed by atoms with Gasteiger partial charge in [0, 0.05) is 62.0 Å². The highest BCUT2D eigenvalue weighted by Gasteiger charge is 2.42. The monoisotopic (exact) mass is 425 g/mol. The summed E-state index contributed by atoms with van der Waals surface area (Å²) in [4.78, 5) is 29.3. The van der Waals surface area contributed by atoms with Crippen molar-refractivity contribution in [2.24, 2.45) is 5.92 Å². The molecule has 5 rings (SSSR count). The summed E-state index contributed by atoms with van der Waals surface area (Å²) in [6.45, 7) is 11.2. The van der Waals surface area contributed by atoms with Crippen molar-refractivity contribution >= 4 is 11.7 Å². The summed E-state index contributed by atoms with van der Waals surface area (Å²) in [7, 11) is 0. The summed E-state index contributed by atoms with van der Waals surface area (Å²) >= 11 is 0. The lowest BCUT2D eigenvalue weighted by molar-refractivity contribution is -0.127. The maximum Gasteiger partial charge on any atom is 0.225 e. The molecular weight excluding hydrogens is 386 g/mol. The molecule has 3 aliphatic heterocycles. The maximum atomic E-state index is 11.9. The number of nitrogens with zero attached hydrogens (tertiary/aromatic N) is 5. The lowest BCUT2D eigenvalue weighted by Gasteiger charge is -2.45. The lowest BCUT2D eigenvalue weighted by atomic mass is 9.75. The van der Waals surface area contributed by atoms with E-state index in [1.165, 1.54) is 31.2 Å². The van der Waals surface area contributed by atoms with Crippen LogP contribution in [0.5, 0.6) is 0 Å². The van der Waals surface area contributed by atoms with Crippen molar-refractivity contribution in [1.29, 1.82) is 0 Å². The minimum absolute atomic E-state index is 0.339. The van der Waals surface area contributed by atoms with E-state index in [4.69, 9.17) is 9.97 Å². The molecular formula is C25H39N5O. The van der Waals surface area contributed by atoms with Gasteiger partial charge in [0.15, 0.2) is 0 Å². The highest BCUT2D eigenvalue weighted by Crippen LogP contribution is 2.38. The molecule has 6 heteroatoms. The Bertz CT molecular complexity index is 753. The molecule has 1 aliphatic carbocycles. The highest BCUT2D eigenvalue weighted by atomic mass is 16.1. The molecule has 0 N–H and O–H groups in total. The van der Waals surface area contributed by atoms with Crippen LogP contribution < -0.4 is 4.90 Å². The predicted octanol–water partition coefficient (Wildman–Crippen LogP) is 3.48. The summed E-state index contributed by atoms with van der Waals surface area (Å²) < 4.78 is 0. The number of fused-ring (bicyclic) bond motifs is 2. The zero-order chi connectivity index (χ0) is 21.5. The number of hydrogen-bond acceptors (Lipinski definition) is 6. The van der Waals surface area contributed by atoms with Crippen LogP contribution in [0.3, 0.4) is 0 Å². The molecule has 3 saturated heterocycles. The van der Waals surface area contributed by atoms with Gasteiger partial charge in [-0.15, -0.1) is 0 Å². The van der Waals surface area contributed by atoms with E-state index in [1.54, 1.807) is 0 Å². The van der Waals surface area contributed by atoms with Gasteiger partial charge in [0.2, 0.25) is 5.95 Å². The first-order chi connectivity index (χ1) is 15.0. The van der Waals surface area contributed by atoms with Gasteiger partial charge in [-0.25, -0.2) is 9.97 Å². The fraction of sp³-hybridized carbons (Fsp3) is 0.800. The minimum atomic E-state index is 0.339. The first kappa shape index (κ1) is 21.3. The number of aromatic nitrogens is 2. The van der Waals surface area contributed by atoms with Crippen molar-refractivity contribution in [3.63, 3.8) is 0 Å². The molecule has 1 saturated carbocycles. The number of anilines is 1. The largest absolute Gasteiger partial charge is 0.332 e. The lowest BCUT2D eigenvalue weighted by Crippen LogP contribution is -2.56. The molecule has 170 valence electrons. The Morgan fingerprint density at radius 1 is 1.00 bits per heavy atom. The number of rotatable bonds is 6. The van der Waals surface area contributed by atoms with Gasteiger partial charge in [-0.1, -0.05) is 6.92 Å². The maximum absolute atomic E-state index is 11.9. The average Bonchev–Trinajstić information content (AvgIpc) is 3.02. The molecule has 0 radical (unpaired) electrons. The van der Waals surface area contributed by atoms with Gasteiger partial charge in [0.05, 0.1) is 0 Å². The van der Waals surface area contributed by atoms with Gasteiger partial charge >= 0.3 is 0 Å². The number of carbonyl (C=O) groups is 1. The highest BCUT2D eigenvalue weighted by molar-refractivity contribution is 5.81. The number of Topliss-reactive ketones (excluding diaryl/α,β-unsaturated/α-hetero) is 1. The van der Waals surface area contributed by atoms with Crippen LogP contribution in [-0.4, -0.2) is 75.9 Å². The second-order valence-corrected chi connectivity index (χ2v) is 10.6. The van der Waals surface area contributed by atoms with E-state index >= 15 is 0 Å². The van der Waals surface area contributed by atoms with Crippen molar-refractivity contribution < 1.29 is 4.79 Å². The van der Waals surface area contributed by atoms with Crippen molar-refractivity contribution in [3.05, 3.63) is 18.0 Å². The van der Waals surface area contributed by atoms with Crippen LogP contribution in [0.4, 0.5) is 5.95 Å². The SMILES string of the molecule is CCC(=O)[C@H]1C[C@H](N2CCC(c3cnc(N4C5CCC4CN(C(C)C)C5)nc3)CC2)C1. The number of hydrogen-bond donors (Lipinski definition) is 0. The third-order valence-electron chi connectivity index (χ3n) is 8.56. The van der Waals surface area contributed by atoms with E-state index in [2.05, 4.69) is 40.9 Å². The van der Waals surface area contributed by atoms with Crippen LogP contribution >= 0.6 is 0 Å². The van der Waals surface area contributed by atoms with Gasteiger partial charge in [0.25, 0.3) is 0 Å². The summed E-state index contributed by atoms with van der Waals surface area (Å²) in [5.41, 5.74) is 1.31. The molecule has 2 bridgehead atoms. The molecule has 2 unspecified atom stereocenters. The number of carbonyl (C=O) groups excluding carboxylic acids is 1. The summed E-state index contributed by atoms with van der Waals surface area (Å²) in [5, 5.41) is 0. The van der Waals surface area contributed by atoms with E-state index in [1.807, 2.05) is 6.92 Å².